The van der Waals surface area contributed by atoms with Crippen LogP contribution in [0.5, 0.6) is 5.75 Å². The molecule has 2 rings (SSSR count). The van der Waals surface area contributed by atoms with Crippen LogP contribution in [0.3, 0.4) is 0 Å². The Morgan fingerprint density at radius 3 is 2.45 bits per heavy atom. The van der Waals surface area contributed by atoms with E-state index in [0.29, 0.717) is 23.2 Å². The van der Waals surface area contributed by atoms with Gasteiger partial charge in [0.15, 0.2) is 6.61 Å². The number of amides is 2. The van der Waals surface area contributed by atoms with E-state index in [0.717, 1.165) is 22.3 Å². The molecular weight excluding hydrogens is 412 g/mol. The first-order chi connectivity index (χ1) is 14.6. The second-order valence-electron chi connectivity index (χ2n) is 8.46. The highest BCUT2D eigenvalue weighted by atomic mass is 35.5. The van der Waals surface area contributed by atoms with Gasteiger partial charge in [0, 0.05) is 18.1 Å². The number of aryl methyl sites for hydroxylation is 2. The van der Waals surface area contributed by atoms with E-state index >= 15 is 0 Å². The van der Waals surface area contributed by atoms with E-state index < -0.39 is 6.04 Å². The number of benzene rings is 2. The predicted octanol–water partition coefficient (Wildman–Crippen LogP) is 4.83. The third-order valence-electron chi connectivity index (χ3n) is 5.21. The molecule has 0 heterocycles. The van der Waals surface area contributed by atoms with E-state index in [9.17, 15) is 9.59 Å². The van der Waals surface area contributed by atoms with Crippen molar-refractivity contribution in [2.45, 2.75) is 54.1 Å². The Kier molecular flexibility index (Phi) is 8.93. The lowest BCUT2D eigenvalue weighted by Crippen LogP contribution is -2.49. The number of carbonyl (C=O) groups is 2. The van der Waals surface area contributed by atoms with Crippen LogP contribution in [0.25, 0.3) is 0 Å². The highest BCUT2D eigenvalue weighted by Gasteiger charge is 2.26. The average molecular weight is 445 g/mol. The van der Waals surface area contributed by atoms with Crippen LogP contribution < -0.4 is 10.1 Å². The summed E-state index contributed by atoms with van der Waals surface area (Å²) >= 11 is 6.12. The molecule has 5 nitrogen and oxygen atoms in total. The second-order valence-corrected chi connectivity index (χ2v) is 8.90. The molecule has 0 saturated heterocycles. The Balaban J connectivity index is 2.20. The molecular formula is C25H33ClN2O3. The zero-order valence-corrected chi connectivity index (χ0v) is 20.0. The van der Waals surface area contributed by atoms with Gasteiger partial charge in [-0.2, -0.15) is 0 Å². The molecule has 6 heteroatoms. The maximum Gasteiger partial charge on any atom is 0.261 e. The van der Waals surface area contributed by atoms with Crippen LogP contribution in [0.4, 0.5) is 0 Å². The van der Waals surface area contributed by atoms with Crippen LogP contribution in [0, 0.1) is 26.7 Å². The Hall–Kier alpha value is -2.53. The summed E-state index contributed by atoms with van der Waals surface area (Å²) in [5, 5.41) is 3.50. The lowest BCUT2D eigenvalue weighted by molar-refractivity contribution is -0.142. The number of halogens is 1. The summed E-state index contributed by atoms with van der Waals surface area (Å²) in [4.78, 5) is 27.4. The van der Waals surface area contributed by atoms with Gasteiger partial charge in [-0.05, 0) is 74.1 Å². The Morgan fingerprint density at radius 1 is 1.10 bits per heavy atom. The minimum absolute atomic E-state index is 0.147. The molecule has 2 aromatic carbocycles. The lowest BCUT2D eigenvalue weighted by Gasteiger charge is -2.29. The van der Waals surface area contributed by atoms with Gasteiger partial charge in [-0.1, -0.05) is 43.6 Å². The zero-order valence-electron chi connectivity index (χ0n) is 19.3. The highest BCUT2D eigenvalue weighted by molar-refractivity contribution is 6.30. The molecule has 168 valence electrons. The maximum atomic E-state index is 13.2. The van der Waals surface area contributed by atoms with Crippen LogP contribution in [-0.4, -0.2) is 35.9 Å². The van der Waals surface area contributed by atoms with E-state index in [1.54, 1.807) is 24.0 Å². The topological polar surface area (TPSA) is 58.6 Å². The largest absolute Gasteiger partial charge is 0.483 e. The normalized spacial score (nSPS) is 11.9. The number of carbonyl (C=O) groups excluding carboxylic acids is 2. The first kappa shape index (κ1) is 24.7. The molecule has 0 aromatic heterocycles. The minimum atomic E-state index is -0.644. The van der Waals surface area contributed by atoms with Crippen molar-refractivity contribution in [2.75, 3.05) is 13.2 Å². The minimum Gasteiger partial charge on any atom is -0.483 e. The van der Waals surface area contributed by atoms with Gasteiger partial charge in [-0.15, -0.1) is 0 Å². The molecule has 1 N–H and O–H groups in total. The maximum absolute atomic E-state index is 13.2. The fourth-order valence-corrected chi connectivity index (χ4v) is 3.45. The summed E-state index contributed by atoms with van der Waals surface area (Å²) in [6, 6.07) is 10.7. The summed E-state index contributed by atoms with van der Waals surface area (Å²) in [7, 11) is 0. The van der Waals surface area contributed by atoms with Gasteiger partial charge in [0.1, 0.15) is 11.8 Å². The average Bonchev–Trinajstić information content (AvgIpc) is 2.71. The third kappa shape index (κ3) is 7.28. The van der Waals surface area contributed by atoms with Crippen molar-refractivity contribution >= 4 is 23.4 Å². The van der Waals surface area contributed by atoms with E-state index in [4.69, 9.17) is 16.3 Å². The number of ether oxygens (including phenoxy) is 1. The van der Waals surface area contributed by atoms with Crippen molar-refractivity contribution in [3.63, 3.8) is 0 Å². The summed E-state index contributed by atoms with van der Waals surface area (Å²) in [5.74, 6) is 0.562. The number of hydrogen-bond donors (Lipinski definition) is 1. The van der Waals surface area contributed by atoms with Crippen LogP contribution in [0.15, 0.2) is 36.4 Å². The molecule has 0 bridgehead atoms. The summed E-state index contributed by atoms with van der Waals surface area (Å²) in [6.45, 7) is 12.5. The molecule has 0 spiro atoms. The van der Waals surface area contributed by atoms with E-state index in [1.807, 2.05) is 52.8 Å². The van der Waals surface area contributed by atoms with E-state index in [-0.39, 0.29) is 25.0 Å². The Labute approximate surface area is 190 Å². The molecule has 31 heavy (non-hydrogen) atoms. The summed E-state index contributed by atoms with van der Waals surface area (Å²) in [6.07, 6.45) is 0. The van der Waals surface area contributed by atoms with Gasteiger partial charge < -0.3 is 15.0 Å². The lowest BCUT2D eigenvalue weighted by atomic mass is 10.1. The fraction of sp³-hybridized carbons (Fsp3) is 0.440. The van der Waals surface area contributed by atoms with Crippen LogP contribution in [-0.2, 0) is 16.1 Å². The van der Waals surface area contributed by atoms with Gasteiger partial charge in [-0.3, -0.25) is 9.59 Å². The van der Waals surface area contributed by atoms with Crippen molar-refractivity contribution in [1.82, 2.24) is 10.2 Å². The highest BCUT2D eigenvalue weighted by Crippen LogP contribution is 2.23. The molecule has 2 aromatic rings. The van der Waals surface area contributed by atoms with Crippen LogP contribution in [0.1, 0.15) is 43.0 Å². The molecule has 0 radical (unpaired) electrons. The number of rotatable bonds is 9. The SMILES string of the molecule is Cc1cc(C)c(C)c(OCC(=O)N(Cc2cccc(Cl)c2)C(C)C(=O)NCC(C)C)c1. The predicted molar refractivity (Wildman–Crippen MR) is 125 cm³/mol. The molecule has 1 atom stereocenters. The molecule has 2 amide bonds. The van der Waals surface area contributed by atoms with Gasteiger partial charge in [-0.25, -0.2) is 0 Å². The zero-order chi connectivity index (χ0) is 23.1. The van der Waals surface area contributed by atoms with Gasteiger partial charge in [0.2, 0.25) is 5.91 Å². The fourth-order valence-electron chi connectivity index (χ4n) is 3.24. The first-order valence-corrected chi connectivity index (χ1v) is 11.0. The first-order valence-electron chi connectivity index (χ1n) is 10.6. The molecule has 0 fully saturated rings. The molecule has 0 saturated carbocycles. The van der Waals surface area contributed by atoms with Gasteiger partial charge >= 0.3 is 0 Å². The standard InChI is InChI=1S/C25H33ClN2O3/c1-16(2)13-27-25(30)20(6)28(14-21-8-7-9-22(26)12-21)24(29)15-31-23-11-17(3)10-18(4)19(23)5/h7-12,16,20H,13-15H2,1-6H3,(H,27,30). The summed E-state index contributed by atoms with van der Waals surface area (Å²) < 4.78 is 5.88. The second kappa shape index (κ2) is 11.2. The van der Waals surface area contributed by atoms with Gasteiger partial charge in [0.05, 0.1) is 0 Å². The van der Waals surface area contributed by atoms with Crippen LogP contribution >= 0.6 is 11.6 Å². The van der Waals surface area contributed by atoms with Crippen LogP contribution in [0.2, 0.25) is 5.02 Å². The van der Waals surface area contributed by atoms with Crippen molar-refractivity contribution < 1.29 is 14.3 Å². The van der Waals surface area contributed by atoms with Gasteiger partial charge in [0.25, 0.3) is 5.91 Å². The Morgan fingerprint density at radius 2 is 1.81 bits per heavy atom. The van der Waals surface area contributed by atoms with Crippen molar-refractivity contribution in [3.8, 4) is 5.75 Å². The third-order valence-corrected chi connectivity index (χ3v) is 5.44. The van der Waals surface area contributed by atoms with Crippen molar-refractivity contribution in [1.29, 1.82) is 0 Å². The molecule has 0 aliphatic rings. The Bertz CT molecular complexity index is 927. The van der Waals surface area contributed by atoms with E-state index in [2.05, 4.69) is 11.4 Å². The van der Waals surface area contributed by atoms with Crippen molar-refractivity contribution in [3.05, 3.63) is 63.7 Å². The smallest absolute Gasteiger partial charge is 0.261 e. The molecule has 0 aliphatic carbocycles. The molecule has 0 aliphatic heterocycles. The quantitative estimate of drug-likeness (QED) is 0.602. The number of nitrogens with zero attached hydrogens (tertiary/aromatic N) is 1. The van der Waals surface area contributed by atoms with Crippen molar-refractivity contribution in [2.24, 2.45) is 5.92 Å². The number of nitrogens with one attached hydrogen (secondary N) is 1. The van der Waals surface area contributed by atoms with E-state index in [1.165, 1.54) is 0 Å². The monoisotopic (exact) mass is 444 g/mol. The molecule has 1 unspecified atom stereocenters. The summed E-state index contributed by atoms with van der Waals surface area (Å²) in [5.41, 5.74) is 4.04. The number of hydrogen-bond acceptors (Lipinski definition) is 3.